The molecule has 0 bridgehead atoms. The fourth-order valence-electron chi connectivity index (χ4n) is 0.859. The molecule has 2 N–H and O–H groups in total. The van der Waals surface area contributed by atoms with Gasteiger partial charge in [0.2, 0.25) is 0 Å². The van der Waals surface area contributed by atoms with Crippen LogP contribution in [0.2, 0.25) is 0 Å². The number of aliphatic hydroxyl groups is 2. The van der Waals surface area contributed by atoms with E-state index in [0.717, 1.165) is 11.8 Å². The van der Waals surface area contributed by atoms with E-state index in [2.05, 4.69) is 0 Å². The Morgan fingerprint density at radius 3 is 2.36 bits per heavy atom. The van der Waals surface area contributed by atoms with Gasteiger partial charge < -0.3 is 10.2 Å². The smallest absolute Gasteiger partial charge is 0.0852 e. The molecule has 0 fully saturated rings. The summed E-state index contributed by atoms with van der Waals surface area (Å²) in [5, 5.41) is 17.4. The summed E-state index contributed by atoms with van der Waals surface area (Å²) in [6.45, 7) is -0.138. The summed E-state index contributed by atoms with van der Waals surface area (Å²) in [6, 6.07) is 9.26. The molecule has 2 heteroatoms. The minimum absolute atomic E-state index is 0.138. The van der Waals surface area contributed by atoms with Crippen LogP contribution in [0.4, 0.5) is 0 Å². The first-order valence-corrected chi connectivity index (χ1v) is 3.38. The highest BCUT2D eigenvalue weighted by atomic mass is 16.3. The van der Waals surface area contributed by atoms with Crippen LogP contribution in [0.3, 0.4) is 0 Å². The molecule has 0 aliphatic heterocycles. The van der Waals surface area contributed by atoms with E-state index in [1.807, 2.05) is 30.3 Å². The molecule has 0 spiro atoms. The van der Waals surface area contributed by atoms with E-state index < -0.39 is 0 Å². The van der Waals surface area contributed by atoms with Crippen molar-refractivity contribution in [3.05, 3.63) is 42.2 Å². The summed E-state index contributed by atoms with van der Waals surface area (Å²) in [7, 11) is 0. The van der Waals surface area contributed by atoms with E-state index in [0.29, 0.717) is 5.57 Å². The summed E-state index contributed by atoms with van der Waals surface area (Å²) >= 11 is 0. The predicted octanol–water partition coefficient (Wildman–Crippen LogP) is 1.58. The molecule has 0 amide bonds. The van der Waals surface area contributed by atoms with Crippen LogP contribution in [0.15, 0.2) is 36.6 Å². The molecule has 2 nitrogen and oxygen atoms in total. The van der Waals surface area contributed by atoms with Crippen LogP contribution < -0.4 is 0 Å². The second-order valence-corrected chi connectivity index (χ2v) is 2.18. The maximum Gasteiger partial charge on any atom is 0.0852 e. The fourth-order valence-corrected chi connectivity index (χ4v) is 0.859. The zero-order valence-electron chi connectivity index (χ0n) is 6.07. The van der Waals surface area contributed by atoms with Crippen LogP contribution in [0.25, 0.3) is 5.57 Å². The molecule has 0 heterocycles. The highest BCUT2D eigenvalue weighted by Crippen LogP contribution is 2.11. The maximum atomic E-state index is 8.75. The molecule has 0 aliphatic rings. The molecule has 0 saturated carbocycles. The summed E-state index contributed by atoms with van der Waals surface area (Å²) in [4.78, 5) is 0. The van der Waals surface area contributed by atoms with Gasteiger partial charge in [0.05, 0.1) is 12.9 Å². The number of rotatable bonds is 2. The summed E-state index contributed by atoms with van der Waals surface area (Å²) < 4.78 is 0. The summed E-state index contributed by atoms with van der Waals surface area (Å²) in [6.07, 6.45) is 0.926. The van der Waals surface area contributed by atoms with E-state index >= 15 is 0 Å². The Hall–Kier alpha value is -1.28. The van der Waals surface area contributed by atoms with Crippen LogP contribution in [-0.2, 0) is 0 Å². The van der Waals surface area contributed by atoms with Gasteiger partial charge in [0.25, 0.3) is 0 Å². The Morgan fingerprint density at radius 1 is 1.27 bits per heavy atom. The number of benzene rings is 1. The third kappa shape index (κ3) is 1.82. The Kier molecular flexibility index (Phi) is 2.69. The molecule has 1 aromatic carbocycles. The van der Waals surface area contributed by atoms with Gasteiger partial charge in [-0.05, 0) is 5.56 Å². The molecule has 0 aromatic heterocycles. The maximum absolute atomic E-state index is 8.75. The molecule has 58 valence electrons. The highest BCUT2D eigenvalue weighted by Gasteiger charge is 1.96. The van der Waals surface area contributed by atoms with Gasteiger partial charge in [-0.25, -0.2) is 0 Å². The molecule has 1 rings (SSSR count). The lowest BCUT2D eigenvalue weighted by Gasteiger charge is -2.00. The molecular formula is C9H10O2. The largest absolute Gasteiger partial charge is 0.515 e. The van der Waals surface area contributed by atoms with Crippen LogP contribution in [0.5, 0.6) is 0 Å². The Balaban J connectivity index is 2.92. The van der Waals surface area contributed by atoms with Gasteiger partial charge in [-0.2, -0.15) is 0 Å². The van der Waals surface area contributed by atoms with Crippen molar-refractivity contribution in [1.29, 1.82) is 0 Å². The van der Waals surface area contributed by atoms with Crippen molar-refractivity contribution in [1.82, 2.24) is 0 Å². The average molecular weight is 150 g/mol. The first-order valence-electron chi connectivity index (χ1n) is 3.38. The van der Waals surface area contributed by atoms with Gasteiger partial charge in [-0.3, -0.25) is 0 Å². The van der Waals surface area contributed by atoms with Crippen molar-refractivity contribution in [3.8, 4) is 0 Å². The van der Waals surface area contributed by atoms with Crippen molar-refractivity contribution in [2.75, 3.05) is 6.61 Å². The van der Waals surface area contributed by atoms with Gasteiger partial charge in [0.15, 0.2) is 0 Å². The van der Waals surface area contributed by atoms with Gasteiger partial charge >= 0.3 is 0 Å². The van der Waals surface area contributed by atoms with Crippen molar-refractivity contribution in [2.24, 2.45) is 0 Å². The number of hydrogen-bond acceptors (Lipinski definition) is 2. The molecule has 0 radical (unpaired) electrons. The number of hydrogen-bond donors (Lipinski definition) is 2. The van der Waals surface area contributed by atoms with Crippen molar-refractivity contribution >= 4 is 5.57 Å². The van der Waals surface area contributed by atoms with Gasteiger partial charge in [-0.1, -0.05) is 30.3 Å². The van der Waals surface area contributed by atoms with Crippen molar-refractivity contribution in [2.45, 2.75) is 0 Å². The van der Waals surface area contributed by atoms with E-state index in [-0.39, 0.29) is 6.61 Å². The Labute approximate surface area is 65.4 Å². The molecule has 0 aliphatic carbocycles. The zero-order valence-corrected chi connectivity index (χ0v) is 6.07. The molecule has 0 saturated heterocycles. The van der Waals surface area contributed by atoms with Crippen LogP contribution >= 0.6 is 0 Å². The molecule has 0 unspecified atom stereocenters. The average Bonchev–Trinajstić information content (AvgIpc) is 2.09. The monoisotopic (exact) mass is 150 g/mol. The summed E-state index contributed by atoms with van der Waals surface area (Å²) in [5.74, 6) is 0. The van der Waals surface area contributed by atoms with Crippen LogP contribution in [-0.4, -0.2) is 16.8 Å². The van der Waals surface area contributed by atoms with E-state index in [1.165, 1.54) is 0 Å². The quantitative estimate of drug-likeness (QED) is 0.628. The van der Waals surface area contributed by atoms with Crippen molar-refractivity contribution < 1.29 is 10.2 Å². The van der Waals surface area contributed by atoms with E-state index in [4.69, 9.17) is 10.2 Å². The molecule has 11 heavy (non-hydrogen) atoms. The highest BCUT2D eigenvalue weighted by molar-refractivity contribution is 5.64. The lowest BCUT2D eigenvalue weighted by Crippen LogP contribution is -1.89. The minimum atomic E-state index is -0.138. The SMILES string of the molecule is O/C=C(\CO)c1ccccc1. The van der Waals surface area contributed by atoms with Crippen molar-refractivity contribution in [3.63, 3.8) is 0 Å². The zero-order chi connectivity index (χ0) is 8.10. The Bertz CT molecular complexity index is 239. The van der Waals surface area contributed by atoms with Gasteiger partial charge in [-0.15, -0.1) is 0 Å². The second kappa shape index (κ2) is 3.78. The first-order chi connectivity index (χ1) is 5.38. The van der Waals surface area contributed by atoms with Crippen LogP contribution in [0, 0.1) is 0 Å². The lowest BCUT2D eigenvalue weighted by molar-refractivity contribution is 0.345. The third-order valence-corrected chi connectivity index (χ3v) is 1.47. The molecule has 0 atom stereocenters. The Morgan fingerprint density at radius 2 is 1.91 bits per heavy atom. The number of aliphatic hydroxyl groups excluding tert-OH is 2. The standard InChI is InChI=1S/C9H10O2/c10-6-9(7-11)8-4-2-1-3-5-8/h1-6,10-11H,7H2/b9-6+. The topological polar surface area (TPSA) is 40.5 Å². The normalized spacial score (nSPS) is 11.5. The second-order valence-electron chi connectivity index (χ2n) is 2.18. The molecule has 1 aromatic rings. The minimum Gasteiger partial charge on any atom is -0.515 e. The van der Waals surface area contributed by atoms with Crippen LogP contribution in [0.1, 0.15) is 5.56 Å². The van der Waals surface area contributed by atoms with E-state index in [1.54, 1.807) is 0 Å². The van der Waals surface area contributed by atoms with Gasteiger partial charge in [0, 0.05) is 5.57 Å². The van der Waals surface area contributed by atoms with Gasteiger partial charge in [0.1, 0.15) is 0 Å². The van der Waals surface area contributed by atoms with E-state index in [9.17, 15) is 0 Å². The first kappa shape index (κ1) is 7.82. The summed E-state index contributed by atoms with van der Waals surface area (Å²) in [5.41, 5.74) is 1.38. The fraction of sp³-hybridized carbons (Fsp3) is 0.111. The lowest BCUT2D eigenvalue weighted by atomic mass is 10.1. The third-order valence-electron chi connectivity index (χ3n) is 1.47. The molecular weight excluding hydrogens is 140 g/mol. The predicted molar refractivity (Wildman–Crippen MR) is 44.1 cm³/mol.